The van der Waals surface area contributed by atoms with Crippen LogP contribution in [0.4, 0.5) is 0 Å². The first-order valence-corrected chi connectivity index (χ1v) is 21.5. The predicted molar refractivity (Wildman–Crippen MR) is 214 cm³/mol. The van der Waals surface area contributed by atoms with Crippen LogP contribution in [0, 0.1) is 0 Å². The molecule has 51 heavy (non-hydrogen) atoms. The van der Waals surface area contributed by atoms with Crippen molar-refractivity contribution in [2.24, 2.45) is 0 Å². The lowest BCUT2D eigenvalue weighted by molar-refractivity contribution is -0.164. The summed E-state index contributed by atoms with van der Waals surface area (Å²) in [6.45, 7) is 5.34. The van der Waals surface area contributed by atoms with Crippen molar-refractivity contribution in [3.8, 4) is 0 Å². The Morgan fingerprint density at radius 1 is 0.510 bits per heavy atom. The van der Waals surface area contributed by atoms with Gasteiger partial charge < -0.3 is 19.3 Å². The smallest absolute Gasteiger partial charge is 0.306 e. The lowest BCUT2D eigenvalue weighted by Gasteiger charge is -2.19. The van der Waals surface area contributed by atoms with Crippen LogP contribution in [0.1, 0.15) is 194 Å². The van der Waals surface area contributed by atoms with Crippen LogP contribution < -0.4 is 0 Å². The van der Waals surface area contributed by atoms with Gasteiger partial charge in [0, 0.05) is 12.8 Å². The molecule has 7 nitrogen and oxygen atoms in total. The van der Waals surface area contributed by atoms with E-state index in [2.05, 4.69) is 38.2 Å². The summed E-state index contributed by atoms with van der Waals surface area (Å²) in [4.78, 5) is 41.8. The second kappa shape index (κ2) is 33.7. The maximum atomic E-state index is 12.8. The van der Waals surface area contributed by atoms with Gasteiger partial charge in [0.25, 0.3) is 0 Å². The number of hydrogen-bond donors (Lipinski definition) is 0. The van der Waals surface area contributed by atoms with E-state index in [0.29, 0.717) is 12.8 Å². The summed E-state index contributed by atoms with van der Waals surface area (Å²) in [5.74, 6) is -0.579. The Kier molecular flexibility index (Phi) is 30.9. The number of ether oxygens (including phenoxy) is 2. The molecule has 1 amide bonds. The van der Waals surface area contributed by atoms with Gasteiger partial charge in [0.1, 0.15) is 0 Å². The Balaban J connectivity index is 2.24. The molecule has 296 valence electrons. The summed E-state index contributed by atoms with van der Waals surface area (Å²) in [7, 11) is 3.70. The summed E-state index contributed by atoms with van der Waals surface area (Å²) in [6.07, 6.45) is 40.3. The van der Waals surface area contributed by atoms with E-state index in [1.54, 1.807) is 4.90 Å². The van der Waals surface area contributed by atoms with Crippen molar-refractivity contribution in [1.82, 2.24) is 9.80 Å². The molecule has 1 rings (SSSR count). The van der Waals surface area contributed by atoms with Gasteiger partial charge in [-0.15, -0.1) is 0 Å². The maximum absolute atomic E-state index is 12.8. The number of nitrogens with zero attached hydrogens (tertiary/aromatic N) is 2. The fourth-order valence-electron chi connectivity index (χ4n) is 6.68. The number of carbonyl (C=O) groups excluding carboxylic acids is 3. The van der Waals surface area contributed by atoms with Crippen molar-refractivity contribution in [2.75, 3.05) is 33.7 Å². The minimum absolute atomic E-state index is 0.0471. The number of likely N-dealkylation sites (N-methyl/N-ethyl adjacent to an activating group) is 1. The van der Waals surface area contributed by atoms with Crippen LogP contribution in [-0.2, 0) is 23.9 Å². The van der Waals surface area contributed by atoms with Crippen molar-refractivity contribution < 1.29 is 23.9 Å². The molecule has 0 bridgehead atoms. The summed E-state index contributed by atoms with van der Waals surface area (Å²) < 4.78 is 11.6. The van der Waals surface area contributed by atoms with Crippen molar-refractivity contribution in [2.45, 2.75) is 206 Å². The highest BCUT2D eigenvalue weighted by atomic mass is 16.6. The number of likely N-dealkylation sites (tertiary alicyclic amines) is 1. The van der Waals surface area contributed by atoms with Crippen LogP contribution in [0.5, 0.6) is 0 Å². The van der Waals surface area contributed by atoms with Gasteiger partial charge in [-0.05, 0) is 78.3 Å². The molecular formula is C44H80N2O5. The molecule has 1 unspecified atom stereocenters. The average molecular weight is 717 g/mol. The summed E-state index contributed by atoms with van der Waals surface area (Å²) in [6, 6.07) is 0. The predicted octanol–water partition coefficient (Wildman–Crippen LogP) is 11.3. The first-order chi connectivity index (χ1) is 24.9. The first-order valence-electron chi connectivity index (χ1n) is 21.5. The lowest BCUT2D eigenvalue weighted by atomic mass is 10.1. The minimum atomic E-state index is -0.607. The zero-order valence-electron chi connectivity index (χ0n) is 33.8. The normalized spacial score (nSPS) is 16.2. The molecule has 0 spiro atoms. The van der Waals surface area contributed by atoms with E-state index in [1.807, 2.05) is 19.0 Å². The molecule has 0 N–H and O–H groups in total. The van der Waals surface area contributed by atoms with Gasteiger partial charge in [-0.25, -0.2) is 0 Å². The molecule has 0 aliphatic carbocycles. The zero-order chi connectivity index (χ0) is 37.2. The van der Waals surface area contributed by atoms with Gasteiger partial charge in [0.05, 0.1) is 19.6 Å². The number of carbonyl (C=O) groups is 3. The van der Waals surface area contributed by atoms with Gasteiger partial charge >= 0.3 is 11.9 Å². The topological polar surface area (TPSA) is 76.2 Å². The largest absolute Gasteiger partial charge is 0.456 e. The van der Waals surface area contributed by atoms with Gasteiger partial charge in [0.2, 0.25) is 5.91 Å². The van der Waals surface area contributed by atoms with Crippen molar-refractivity contribution in [1.29, 1.82) is 0 Å². The van der Waals surface area contributed by atoms with Crippen molar-refractivity contribution in [3.05, 3.63) is 24.3 Å². The highest BCUT2D eigenvalue weighted by Crippen LogP contribution is 2.21. The van der Waals surface area contributed by atoms with E-state index in [4.69, 9.17) is 9.47 Å². The van der Waals surface area contributed by atoms with Gasteiger partial charge in [-0.3, -0.25) is 14.4 Å². The summed E-state index contributed by atoms with van der Waals surface area (Å²) in [5.41, 5.74) is 0. The van der Waals surface area contributed by atoms with Crippen LogP contribution in [0.15, 0.2) is 24.3 Å². The van der Waals surface area contributed by atoms with E-state index in [0.717, 1.165) is 51.4 Å². The molecule has 1 aliphatic heterocycles. The number of unbranched alkanes of at least 4 members (excludes halogenated alkanes) is 22. The number of rotatable bonds is 34. The van der Waals surface area contributed by atoms with Crippen LogP contribution in [0.3, 0.4) is 0 Å². The second-order valence-corrected chi connectivity index (χ2v) is 15.3. The van der Waals surface area contributed by atoms with Gasteiger partial charge in [-0.1, -0.05) is 141 Å². The van der Waals surface area contributed by atoms with Crippen LogP contribution in [0.25, 0.3) is 0 Å². The molecule has 1 heterocycles. The molecule has 2 atom stereocenters. The Hall–Kier alpha value is -2.15. The van der Waals surface area contributed by atoms with E-state index in [9.17, 15) is 14.4 Å². The van der Waals surface area contributed by atoms with Crippen molar-refractivity contribution >= 4 is 17.8 Å². The molecular weight excluding hydrogens is 636 g/mol. The Bertz CT molecular complexity index is 855. The van der Waals surface area contributed by atoms with Crippen LogP contribution >= 0.6 is 0 Å². The molecule has 0 saturated carbocycles. The second-order valence-electron chi connectivity index (χ2n) is 15.3. The fourth-order valence-corrected chi connectivity index (χ4v) is 6.68. The SMILES string of the molecule is CCCCCCCC/C=C\CCCCCCCC(=O)OC1CN(C(=O)CN(C)C)C[C@H]1OC(=O)CCCCCCC/C=C\CCCCCCCC. The molecule has 0 aromatic rings. The van der Waals surface area contributed by atoms with E-state index < -0.39 is 12.2 Å². The standard InChI is InChI=1S/C44H80N2O5/c1-5-7-9-11-13-15-17-19-21-23-25-27-29-31-33-35-43(48)50-40-37-46(42(47)39-45(3)4)38-41(40)51-44(49)36-34-32-30-28-26-24-22-20-18-16-14-12-10-8-6-2/h19-22,40-41H,5-18,23-39H2,1-4H3/b21-19-,22-20-/t40-,41?/m1/s1. The van der Waals surface area contributed by atoms with E-state index in [-0.39, 0.29) is 37.5 Å². The van der Waals surface area contributed by atoms with Crippen LogP contribution in [0.2, 0.25) is 0 Å². The first kappa shape index (κ1) is 46.9. The summed E-state index contributed by atoms with van der Waals surface area (Å²) in [5, 5.41) is 0. The quantitative estimate of drug-likeness (QED) is 0.0375. The Labute approximate surface area is 314 Å². The molecule has 0 aromatic heterocycles. The molecule has 0 aromatic carbocycles. The van der Waals surface area contributed by atoms with Crippen LogP contribution in [-0.4, -0.2) is 73.6 Å². The number of amides is 1. The minimum Gasteiger partial charge on any atom is -0.456 e. The molecule has 0 radical (unpaired) electrons. The maximum Gasteiger partial charge on any atom is 0.306 e. The zero-order valence-corrected chi connectivity index (χ0v) is 33.8. The third kappa shape index (κ3) is 28.1. The highest BCUT2D eigenvalue weighted by molar-refractivity contribution is 5.79. The molecule has 7 heteroatoms. The fraction of sp³-hybridized carbons (Fsp3) is 0.841. The monoisotopic (exact) mass is 717 g/mol. The molecule has 1 fully saturated rings. The van der Waals surface area contributed by atoms with E-state index >= 15 is 0 Å². The number of esters is 2. The Morgan fingerprint density at radius 2 is 0.824 bits per heavy atom. The average Bonchev–Trinajstić information content (AvgIpc) is 3.49. The van der Waals surface area contributed by atoms with Crippen molar-refractivity contribution in [3.63, 3.8) is 0 Å². The van der Waals surface area contributed by atoms with Gasteiger partial charge in [-0.2, -0.15) is 0 Å². The highest BCUT2D eigenvalue weighted by Gasteiger charge is 2.40. The molecule has 1 aliphatic rings. The molecule has 1 saturated heterocycles. The summed E-state index contributed by atoms with van der Waals surface area (Å²) >= 11 is 0. The third-order valence-electron chi connectivity index (χ3n) is 9.87. The van der Waals surface area contributed by atoms with E-state index in [1.165, 1.54) is 116 Å². The lowest BCUT2D eigenvalue weighted by Crippen LogP contribution is -2.37. The third-order valence-corrected chi connectivity index (χ3v) is 9.87. The number of hydrogen-bond acceptors (Lipinski definition) is 6. The van der Waals surface area contributed by atoms with Gasteiger partial charge in [0.15, 0.2) is 12.2 Å². The number of allylic oxidation sites excluding steroid dienone is 4. The Morgan fingerprint density at radius 3 is 1.16 bits per heavy atom.